The molecule has 144 valence electrons. The highest BCUT2D eigenvalue weighted by molar-refractivity contribution is 5.94. The van der Waals surface area contributed by atoms with Gasteiger partial charge in [0.05, 0.1) is 5.56 Å². The van der Waals surface area contributed by atoms with E-state index >= 15 is 0 Å². The first-order chi connectivity index (χ1) is 12.9. The number of carbonyl (C=O) groups is 1. The zero-order valence-corrected chi connectivity index (χ0v) is 16.8. The fourth-order valence-corrected chi connectivity index (χ4v) is 3.36. The Morgan fingerprint density at radius 3 is 2.56 bits per heavy atom. The number of nitrogens with zero attached hydrogens (tertiary/aromatic N) is 3. The molecule has 1 fully saturated rings. The highest BCUT2D eigenvalue weighted by atomic mass is 16.2. The van der Waals surface area contributed by atoms with E-state index in [1.165, 1.54) is 16.8 Å². The lowest BCUT2D eigenvalue weighted by molar-refractivity contribution is 0.0697. The van der Waals surface area contributed by atoms with Gasteiger partial charge in [-0.3, -0.25) is 4.79 Å². The standard InChI is InChI=1S/C22H30N4O/c1-16-9-11-26(12-10-16)22(27)19-6-8-21(24-15-19)23-14-18-5-7-20(25(3)4)13-17(18)2/h5-8,13,15-16H,9-12,14H2,1-4H3,(H,23,24). The van der Waals surface area contributed by atoms with Crippen molar-refractivity contribution < 1.29 is 4.79 Å². The lowest BCUT2D eigenvalue weighted by atomic mass is 9.99. The summed E-state index contributed by atoms with van der Waals surface area (Å²) < 4.78 is 0. The summed E-state index contributed by atoms with van der Waals surface area (Å²) in [6.07, 6.45) is 3.86. The van der Waals surface area contributed by atoms with E-state index in [0.29, 0.717) is 18.0 Å². The van der Waals surface area contributed by atoms with E-state index in [9.17, 15) is 4.79 Å². The van der Waals surface area contributed by atoms with Crippen molar-refractivity contribution in [1.29, 1.82) is 0 Å². The number of rotatable bonds is 5. The molecule has 1 aliphatic rings. The lowest BCUT2D eigenvalue weighted by Crippen LogP contribution is -2.37. The number of likely N-dealkylation sites (tertiary alicyclic amines) is 1. The number of anilines is 2. The van der Waals surface area contributed by atoms with E-state index in [1.807, 2.05) is 31.1 Å². The molecule has 1 aliphatic heterocycles. The third-order valence-corrected chi connectivity index (χ3v) is 5.38. The van der Waals surface area contributed by atoms with Crippen LogP contribution in [0.2, 0.25) is 0 Å². The maximum atomic E-state index is 12.6. The average molecular weight is 367 g/mol. The van der Waals surface area contributed by atoms with Crippen LogP contribution < -0.4 is 10.2 Å². The van der Waals surface area contributed by atoms with E-state index in [2.05, 4.69) is 47.2 Å². The minimum absolute atomic E-state index is 0.0936. The first kappa shape index (κ1) is 19.2. The van der Waals surface area contributed by atoms with Gasteiger partial charge in [-0.15, -0.1) is 0 Å². The second-order valence-corrected chi connectivity index (χ2v) is 7.77. The summed E-state index contributed by atoms with van der Waals surface area (Å²) in [5.41, 5.74) is 4.36. The minimum atomic E-state index is 0.0936. The zero-order chi connectivity index (χ0) is 19.4. The SMILES string of the molecule is Cc1cc(N(C)C)ccc1CNc1ccc(C(=O)N2CCC(C)CC2)cn1. The van der Waals surface area contributed by atoms with Gasteiger partial charge in [0.2, 0.25) is 0 Å². The summed E-state index contributed by atoms with van der Waals surface area (Å²) in [5.74, 6) is 1.60. The fourth-order valence-electron chi connectivity index (χ4n) is 3.36. The molecule has 0 spiro atoms. The summed E-state index contributed by atoms with van der Waals surface area (Å²) >= 11 is 0. The highest BCUT2D eigenvalue weighted by Crippen LogP contribution is 2.20. The Morgan fingerprint density at radius 2 is 1.96 bits per heavy atom. The number of amides is 1. The van der Waals surface area contributed by atoms with Gasteiger partial charge >= 0.3 is 0 Å². The van der Waals surface area contributed by atoms with Crippen LogP contribution in [0.5, 0.6) is 0 Å². The van der Waals surface area contributed by atoms with Crippen LogP contribution >= 0.6 is 0 Å². The van der Waals surface area contributed by atoms with Gasteiger partial charge in [0.25, 0.3) is 5.91 Å². The molecule has 2 aromatic rings. The molecule has 1 aromatic heterocycles. The molecule has 2 heterocycles. The van der Waals surface area contributed by atoms with E-state index in [1.54, 1.807) is 6.20 Å². The fraction of sp³-hybridized carbons (Fsp3) is 0.455. The molecule has 0 saturated carbocycles. The normalized spacial score (nSPS) is 14.9. The largest absolute Gasteiger partial charge is 0.378 e. The van der Waals surface area contributed by atoms with Gasteiger partial charge in [-0.1, -0.05) is 13.0 Å². The van der Waals surface area contributed by atoms with E-state index < -0.39 is 0 Å². The smallest absolute Gasteiger partial charge is 0.255 e. The number of benzene rings is 1. The molecule has 3 rings (SSSR count). The number of carbonyl (C=O) groups excluding carboxylic acids is 1. The van der Waals surface area contributed by atoms with E-state index in [0.717, 1.165) is 31.7 Å². The van der Waals surface area contributed by atoms with E-state index in [-0.39, 0.29) is 5.91 Å². The molecule has 0 aliphatic carbocycles. The van der Waals surface area contributed by atoms with Gasteiger partial charge in [-0.2, -0.15) is 0 Å². The van der Waals surface area contributed by atoms with Gasteiger partial charge in [0, 0.05) is 45.6 Å². The Bertz CT molecular complexity index is 777. The Kier molecular flexibility index (Phi) is 5.99. The maximum absolute atomic E-state index is 12.6. The Morgan fingerprint density at radius 1 is 1.22 bits per heavy atom. The molecular formula is C22H30N4O. The Balaban J connectivity index is 1.58. The maximum Gasteiger partial charge on any atom is 0.255 e. The molecule has 1 amide bonds. The van der Waals surface area contributed by atoms with Crippen LogP contribution in [0.15, 0.2) is 36.5 Å². The molecule has 1 saturated heterocycles. The number of aryl methyl sites for hydroxylation is 1. The minimum Gasteiger partial charge on any atom is -0.378 e. The second kappa shape index (κ2) is 8.42. The number of nitrogens with one attached hydrogen (secondary N) is 1. The van der Waals surface area contributed by atoms with Crippen molar-refractivity contribution in [3.63, 3.8) is 0 Å². The van der Waals surface area contributed by atoms with Gasteiger partial charge in [0.1, 0.15) is 5.82 Å². The van der Waals surface area contributed by atoms with Crippen LogP contribution in [0.3, 0.4) is 0 Å². The van der Waals surface area contributed by atoms with Crippen LogP contribution in [0, 0.1) is 12.8 Å². The Hall–Kier alpha value is -2.56. The third kappa shape index (κ3) is 4.79. The van der Waals surface area contributed by atoms with Crippen molar-refractivity contribution in [3.8, 4) is 0 Å². The molecule has 0 radical (unpaired) electrons. The second-order valence-electron chi connectivity index (χ2n) is 7.77. The lowest BCUT2D eigenvalue weighted by Gasteiger charge is -2.30. The van der Waals surface area contributed by atoms with Crippen LogP contribution in [0.25, 0.3) is 0 Å². The zero-order valence-electron chi connectivity index (χ0n) is 16.8. The van der Waals surface area contributed by atoms with E-state index in [4.69, 9.17) is 0 Å². The summed E-state index contributed by atoms with van der Waals surface area (Å²) in [5, 5.41) is 3.35. The Labute approximate surface area is 162 Å². The molecule has 0 unspecified atom stereocenters. The summed E-state index contributed by atoms with van der Waals surface area (Å²) in [6.45, 7) is 6.78. The number of hydrogen-bond donors (Lipinski definition) is 1. The van der Waals surface area contributed by atoms with Crippen molar-refractivity contribution in [2.24, 2.45) is 5.92 Å². The van der Waals surface area contributed by atoms with Crippen molar-refractivity contribution in [2.45, 2.75) is 33.2 Å². The number of pyridine rings is 1. The van der Waals surface area contributed by atoms with Crippen molar-refractivity contribution >= 4 is 17.4 Å². The molecule has 5 nitrogen and oxygen atoms in total. The van der Waals surface area contributed by atoms with Gasteiger partial charge in [0.15, 0.2) is 0 Å². The number of aromatic nitrogens is 1. The number of hydrogen-bond acceptors (Lipinski definition) is 4. The average Bonchev–Trinajstić information content (AvgIpc) is 2.67. The molecule has 0 bridgehead atoms. The molecule has 27 heavy (non-hydrogen) atoms. The van der Waals surface area contributed by atoms with Crippen LogP contribution in [-0.4, -0.2) is 43.0 Å². The van der Waals surface area contributed by atoms with Gasteiger partial charge in [-0.25, -0.2) is 4.98 Å². The molecule has 5 heteroatoms. The first-order valence-electron chi connectivity index (χ1n) is 9.70. The van der Waals surface area contributed by atoms with Crippen LogP contribution in [0.1, 0.15) is 41.3 Å². The molecule has 1 aromatic carbocycles. The quantitative estimate of drug-likeness (QED) is 0.871. The number of piperidine rings is 1. The first-order valence-corrected chi connectivity index (χ1v) is 9.70. The van der Waals surface area contributed by atoms with Crippen molar-refractivity contribution in [1.82, 2.24) is 9.88 Å². The van der Waals surface area contributed by atoms with Crippen LogP contribution in [-0.2, 0) is 6.54 Å². The van der Waals surface area contributed by atoms with Crippen molar-refractivity contribution in [3.05, 3.63) is 53.2 Å². The summed E-state index contributed by atoms with van der Waals surface area (Å²) in [6, 6.07) is 10.2. The summed E-state index contributed by atoms with van der Waals surface area (Å²) in [7, 11) is 4.09. The molecular weight excluding hydrogens is 336 g/mol. The third-order valence-electron chi connectivity index (χ3n) is 5.38. The van der Waals surface area contributed by atoms with Crippen LogP contribution in [0.4, 0.5) is 11.5 Å². The molecule has 1 N–H and O–H groups in total. The topological polar surface area (TPSA) is 48.5 Å². The predicted molar refractivity (Wildman–Crippen MR) is 111 cm³/mol. The van der Waals surface area contributed by atoms with Gasteiger partial charge < -0.3 is 15.1 Å². The highest BCUT2D eigenvalue weighted by Gasteiger charge is 2.21. The predicted octanol–water partition coefficient (Wildman–Crippen LogP) is 3.94. The summed E-state index contributed by atoms with van der Waals surface area (Å²) in [4.78, 5) is 21.1. The van der Waals surface area contributed by atoms with Gasteiger partial charge in [-0.05, 0) is 61.1 Å². The van der Waals surface area contributed by atoms with Crippen molar-refractivity contribution in [2.75, 3.05) is 37.4 Å². The molecule has 0 atom stereocenters. The monoisotopic (exact) mass is 366 g/mol.